The van der Waals surface area contributed by atoms with E-state index in [9.17, 15) is 4.79 Å². The average molecular weight is 251 g/mol. The number of rotatable bonds is 3. The summed E-state index contributed by atoms with van der Waals surface area (Å²) < 4.78 is 0. The van der Waals surface area contributed by atoms with Crippen molar-refractivity contribution in [3.8, 4) is 0 Å². The molecule has 2 rings (SSSR count). The number of carbonyl (C=O) groups is 1. The Labute approximate surface area is 106 Å². The number of halogens is 1. The quantitative estimate of drug-likeness (QED) is 0.890. The summed E-state index contributed by atoms with van der Waals surface area (Å²) in [5.41, 5.74) is 0.738. The van der Waals surface area contributed by atoms with Gasteiger partial charge < -0.3 is 5.11 Å². The van der Waals surface area contributed by atoms with Crippen molar-refractivity contribution >= 4 is 22.6 Å². The summed E-state index contributed by atoms with van der Waals surface area (Å²) in [6, 6.07) is 9.60. The molecule has 0 aliphatic heterocycles. The van der Waals surface area contributed by atoms with Gasteiger partial charge in [0.05, 0.1) is 5.92 Å². The zero-order valence-electron chi connectivity index (χ0n) is 9.85. The topological polar surface area (TPSA) is 37.3 Å². The number of allylic oxidation sites excluding steroid dienone is 1. The van der Waals surface area contributed by atoms with Crippen molar-refractivity contribution in [2.24, 2.45) is 17.3 Å². The number of carboxylic acids is 1. The van der Waals surface area contributed by atoms with Crippen molar-refractivity contribution in [2.75, 3.05) is 0 Å². The molecular formula is C14H15ClO2. The largest absolute Gasteiger partial charge is 0.481 e. The van der Waals surface area contributed by atoms with E-state index in [1.165, 1.54) is 0 Å². The molecule has 2 nitrogen and oxygen atoms in total. The van der Waals surface area contributed by atoms with Crippen molar-refractivity contribution in [3.63, 3.8) is 0 Å². The number of aliphatic carboxylic acids is 1. The van der Waals surface area contributed by atoms with Crippen molar-refractivity contribution in [3.05, 3.63) is 42.0 Å². The van der Waals surface area contributed by atoms with Crippen LogP contribution in [0.4, 0.5) is 0 Å². The van der Waals surface area contributed by atoms with Crippen LogP contribution in [0.1, 0.15) is 19.4 Å². The average Bonchev–Trinajstić information content (AvgIpc) is 2.81. The number of carboxylic acid groups (broad SMARTS) is 1. The maximum atomic E-state index is 11.0. The highest BCUT2D eigenvalue weighted by Crippen LogP contribution is 2.59. The van der Waals surface area contributed by atoms with Crippen LogP contribution in [0.5, 0.6) is 0 Å². The van der Waals surface area contributed by atoms with Crippen LogP contribution in [0.25, 0.3) is 5.03 Å². The normalized spacial score (nSPS) is 26.6. The molecule has 0 amide bonds. The van der Waals surface area contributed by atoms with E-state index in [4.69, 9.17) is 16.7 Å². The number of benzene rings is 1. The second-order valence-electron chi connectivity index (χ2n) is 5.04. The molecule has 17 heavy (non-hydrogen) atoms. The Kier molecular flexibility index (Phi) is 3.00. The third kappa shape index (κ3) is 2.22. The van der Waals surface area contributed by atoms with E-state index >= 15 is 0 Å². The maximum Gasteiger partial charge on any atom is 0.307 e. The Morgan fingerprint density at radius 2 is 1.94 bits per heavy atom. The fourth-order valence-electron chi connectivity index (χ4n) is 2.31. The Morgan fingerprint density at radius 1 is 1.35 bits per heavy atom. The number of hydrogen-bond donors (Lipinski definition) is 1. The van der Waals surface area contributed by atoms with Gasteiger partial charge in [0.25, 0.3) is 0 Å². The van der Waals surface area contributed by atoms with E-state index in [-0.39, 0.29) is 17.3 Å². The van der Waals surface area contributed by atoms with E-state index in [2.05, 4.69) is 0 Å². The van der Waals surface area contributed by atoms with Crippen LogP contribution < -0.4 is 0 Å². The van der Waals surface area contributed by atoms with Gasteiger partial charge in [-0.15, -0.1) is 0 Å². The van der Waals surface area contributed by atoms with Crippen LogP contribution in [-0.2, 0) is 4.79 Å². The van der Waals surface area contributed by atoms with Gasteiger partial charge in [-0.25, -0.2) is 0 Å². The van der Waals surface area contributed by atoms with Crippen molar-refractivity contribution in [1.82, 2.24) is 0 Å². The first kappa shape index (κ1) is 12.2. The lowest BCUT2D eigenvalue weighted by atomic mass is 10.1. The molecule has 1 aliphatic rings. The summed E-state index contributed by atoms with van der Waals surface area (Å²) >= 11 is 6.21. The van der Waals surface area contributed by atoms with Crippen LogP contribution in [-0.4, -0.2) is 11.1 Å². The van der Waals surface area contributed by atoms with Crippen molar-refractivity contribution < 1.29 is 9.90 Å². The molecule has 0 aromatic heterocycles. The third-order valence-corrected chi connectivity index (χ3v) is 3.90. The minimum atomic E-state index is -0.742. The highest BCUT2D eigenvalue weighted by atomic mass is 35.5. The van der Waals surface area contributed by atoms with Gasteiger partial charge in [0.15, 0.2) is 0 Å². The van der Waals surface area contributed by atoms with Crippen LogP contribution in [0.3, 0.4) is 0 Å². The van der Waals surface area contributed by atoms with Gasteiger partial charge >= 0.3 is 5.97 Å². The Hall–Kier alpha value is -1.28. The summed E-state index contributed by atoms with van der Waals surface area (Å²) in [5, 5.41) is 9.70. The predicted octanol–water partition coefficient (Wildman–Crippen LogP) is 3.62. The van der Waals surface area contributed by atoms with Crippen molar-refractivity contribution in [1.29, 1.82) is 0 Å². The van der Waals surface area contributed by atoms with Gasteiger partial charge in [-0.1, -0.05) is 61.9 Å². The molecule has 1 aromatic carbocycles. The highest BCUT2D eigenvalue weighted by molar-refractivity contribution is 6.48. The minimum absolute atomic E-state index is 0.0210. The standard InChI is InChI=1S/C14H15ClO2/c1-14(2)10(12(14)13(16)17)8-11(15)9-6-4-3-5-7-9/h3-8,10,12H,1-2H3,(H,16,17)/b11-8-/t10-,12-/m1/s1. The minimum Gasteiger partial charge on any atom is -0.481 e. The van der Waals surface area contributed by atoms with Crippen LogP contribution in [0.2, 0.25) is 0 Å². The molecule has 2 atom stereocenters. The molecule has 1 fully saturated rings. The molecular weight excluding hydrogens is 236 g/mol. The lowest BCUT2D eigenvalue weighted by molar-refractivity contribution is -0.139. The second kappa shape index (κ2) is 4.19. The lowest BCUT2D eigenvalue weighted by Gasteiger charge is -2.00. The van der Waals surface area contributed by atoms with Gasteiger partial charge in [0.1, 0.15) is 0 Å². The van der Waals surface area contributed by atoms with E-state index < -0.39 is 5.97 Å². The maximum absolute atomic E-state index is 11.0. The second-order valence-corrected chi connectivity index (χ2v) is 5.45. The molecule has 0 bridgehead atoms. The molecule has 1 aliphatic carbocycles. The molecule has 0 saturated heterocycles. The smallest absolute Gasteiger partial charge is 0.307 e. The molecule has 1 aromatic rings. The lowest BCUT2D eigenvalue weighted by Crippen LogP contribution is -2.03. The molecule has 0 spiro atoms. The third-order valence-electron chi connectivity index (χ3n) is 3.55. The molecule has 0 unspecified atom stereocenters. The Morgan fingerprint density at radius 3 is 2.41 bits per heavy atom. The molecule has 1 N–H and O–H groups in total. The fraction of sp³-hybridized carbons (Fsp3) is 0.357. The SMILES string of the molecule is CC1(C)[C@H](/C=C(\Cl)c2ccccc2)[C@@H]1C(=O)O. The number of hydrogen-bond acceptors (Lipinski definition) is 1. The molecule has 90 valence electrons. The van der Waals surface area contributed by atoms with E-state index in [0.717, 1.165) is 5.56 Å². The fourth-order valence-corrected chi connectivity index (χ4v) is 2.57. The Balaban J connectivity index is 2.20. The van der Waals surface area contributed by atoms with E-state index in [1.807, 2.05) is 50.3 Å². The molecule has 3 heteroatoms. The first-order chi connectivity index (χ1) is 7.94. The Bertz CT molecular complexity index is 462. The van der Waals surface area contributed by atoms with Gasteiger partial charge in [0, 0.05) is 5.03 Å². The summed E-state index contributed by atoms with van der Waals surface area (Å²) in [7, 11) is 0. The van der Waals surface area contributed by atoms with Gasteiger partial charge in [-0.05, 0) is 16.9 Å². The predicted molar refractivity (Wildman–Crippen MR) is 68.7 cm³/mol. The summed E-state index contributed by atoms with van der Waals surface area (Å²) in [6.07, 6.45) is 1.87. The molecule has 0 heterocycles. The highest BCUT2D eigenvalue weighted by Gasteiger charge is 2.60. The zero-order valence-corrected chi connectivity index (χ0v) is 10.6. The van der Waals surface area contributed by atoms with E-state index in [1.54, 1.807) is 0 Å². The first-order valence-corrected chi connectivity index (χ1v) is 5.98. The summed E-state index contributed by atoms with van der Waals surface area (Å²) in [4.78, 5) is 11.0. The van der Waals surface area contributed by atoms with Gasteiger partial charge in [-0.2, -0.15) is 0 Å². The summed E-state index contributed by atoms with van der Waals surface area (Å²) in [5.74, 6) is -1.04. The van der Waals surface area contributed by atoms with Gasteiger partial charge in [0.2, 0.25) is 0 Å². The first-order valence-electron chi connectivity index (χ1n) is 5.60. The monoisotopic (exact) mass is 250 g/mol. The van der Waals surface area contributed by atoms with Crippen LogP contribution in [0, 0.1) is 17.3 Å². The molecule has 1 saturated carbocycles. The van der Waals surface area contributed by atoms with Crippen molar-refractivity contribution in [2.45, 2.75) is 13.8 Å². The van der Waals surface area contributed by atoms with Gasteiger partial charge in [-0.3, -0.25) is 4.79 Å². The summed E-state index contributed by atoms with van der Waals surface area (Å²) in [6.45, 7) is 3.92. The molecule has 0 radical (unpaired) electrons. The van der Waals surface area contributed by atoms with Crippen LogP contribution >= 0.6 is 11.6 Å². The van der Waals surface area contributed by atoms with E-state index in [0.29, 0.717) is 5.03 Å². The van der Waals surface area contributed by atoms with Crippen LogP contribution in [0.15, 0.2) is 36.4 Å². The zero-order chi connectivity index (χ0) is 12.6.